The maximum Gasteiger partial charge on any atom is 0.243 e. The van der Waals surface area contributed by atoms with Crippen LogP contribution < -0.4 is 0 Å². The maximum atomic E-state index is 12.6. The lowest BCUT2D eigenvalue weighted by molar-refractivity contribution is 0.0628. The number of sulfonamides is 1. The first-order chi connectivity index (χ1) is 8.82. The first-order valence-electron chi connectivity index (χ1n) is 6.26. The van der Waals surface area contributed by atoms with Crippen LogP contribution in [0.25, 0.3) is 0 Å². The molecule has 1 aromatic carbocycles. The predicted octanol–water partition coefficient (Wildman–Crippen LogP) is 2.04. The number of halogens is 1. The molecule has 4 nitrogen and oxygen atoms in total. The Morgan fingerprint density at radius 1 is 1.42 bits per heavy atom. The van der Waals surface area contributed by atoms with Gasteiger partial charge in [0.2, 0.25) is 10.0 Å². The van der Waals surface area contributed by atoms with Crippen molar-refractivity contribution in [1.82, 2.24) is 4.31 Å². The highest BCUT2D eigenvalue weighted by Crippen LogP contribution is 2.27. The molecule has 1 N–H and O–H groups in total. The summed E-state index contributed by atoms with van der Waals surface area (Å²) in [5.74, 6) is -0.0528. The van der Waals surface area contributed by atoms with Crippen molar-refractivity contribution in [3.05, 3.63) is 28.8 Å². The molecule has 2 unspecified atom stereocenters. The molecular formula is C13H18ClNO3S. The van der Waals surface area contributed by atoms with E-state index in [4.69, 9.17) is 11.6 Å². The standard InChI is InChI=1S/C13H18ClNO3S/c1-9-3-4-11(14)7-13(9)19(17,18)15-6-5-12(16)10(2)8-15/h3-4,7,10,12,16H,5-6,8H2,1-2H3. The van der Waals surface area contributed by atoms with Gasteiger partial charge < -0.3 is 5.11 Å². The average Bonchev–Trinajstić information content (AvgIpc) is 2.35. The zero-order chi connectivity index (χ0) is 14.2. The molecule has 106 valence electrons. The van der Waals surface area contributed by atoms with E-state index in [0.717, 1.165) is 0 Å². The Morgan fingerprint density at radius 3 is 2.74 bits per heavy atom. The molecule has 19 heavy (non-hydrogen) atoms. The lowest BCUT2D eigenvalue weighted by atomic mass is 9.99. The van der Waals surface area contributed by atoms with Gasteiger partial charge >= 0.3 is 0 Å². The van der Waals surface area contributed by atoms with E-state index in [1.807, 2.05) is 6.92 Å². The lowest BCUT2D eigenvalue weighted by Crippen LogP contribution is -2.45. The van der Waals surface area contributed by atoms with Gasteiger partial charge in [-0.1, -0.05) is 24.6 Å². The molecule has 1 aliphatic heterocycles. The summed E-state index contributed by atoms with van der Waals surface area (Å²) in [6.45, 7) is 4.30. The Hall–Kier alpha value is -0.620. The topological polar surface area (TPSA) is 57.6 Å². The van der Waals surface area contributed by atoms with Crippen LogP contribution in [0.3, 0.4) is 0 Å². The summed E-state index contributed by atoms with van der Waals surface area (Å²) in [4.78, 5) is 0.253. The lowest BCUT2D eigenvalue weighted by Gasteiger charge is -2.33. The van der Waals surface area contributed by atoms with Gasteiger partial charge in [0.05, 0.1) is 11.0 Å². The second-order valence-electron chi connectivity index (χ2n) is 5.11. The largest absolute Gasteiger partial charge is 0.393 e. The van der Waals surface area contributed by atoms with Crippen molar-refractivity contribution >= 4 is 21.6 Å². The highest BCUT2D eigenvalue weighted by Gasteiger charge is 2.33. The fourth-order valence-corrected chi connectivity index (χ4v) is 4.35. The quantitative estimate of drug-likeness (QED) is 0.909. The van der Waals surface area contributed by atoms with Crippen molar-refractivity contribution in [2.24, 2.45) is 5.92 Å². The Labute approximate surface area is 119 Å². The summed E-state index contributed by atoms with van der Waals surface area (Å²) in [5.41, 5.74) is 0.683. The second-order valence-corrected chi connectivity index (χ2v) is 7.45. The molecule has 1 aromatic rings. The number of hydrogen-bond donors (Lipinski definition) is 1. The first kappa shape index (κ1) is 14.8. The van der Waals surface area contributed by atoms with Gasteiger partial charge in [0.25, 0.3) is 0 Å². The minimum atomic E-state index is -3.53. The van der Waals surface area contributed by atoms with Crippen molar-refractivity contribution in [3.8, 4) is 0 Å². The minimum absolute atomic E-state index is 0.0528. The molecule has 2 atom stereocenters. The van der Waals surface area contributed by atoms with Crippen LogP contribution in [-0.2, 0) is 10.0 Å². The van der Waals surface area contributed by atoms with E-state index < -0.39 is 16.1 Å². The Kier molecular flexibility index (Phi) is 4.20. The molecule has 2 rings (SSSR count). The van der Waals surface area contributed by atoms with Crippen LogP contribution in [0.2, 0.25) is 5.02 Å². The number of benzene rings is 1. The fraction of sp³-hybridized carbons (Fsp3) is 0.538. The van der Waals surface area contributed by atoms with E-state index >= 15 is 0 Å². The van der Waals surface area contributed by atoms with E-state index in [1.54, 1.807) is 19.1 Å². The third-order valence-electron chi connectivity index (χ3n) is 3.59. The minimum Gasteiger partial charge on any atom is -0.393 e. The zero-order valence-electron chi connectivity index (χ0n) is 11.0. The van der Waals surface area contributed by atoms with E-state index in [9.17, 15) is 13.5 Å². The normalized spacial score (nSPS) is 25.5. The molecule has 0 bridgehead atoms. The van der Waals surface area contributed by atoms with Crippen LogP contribution in [0, 0.1) is 12.8 Å². The molecule has 0 radical (unpaired) electrons. The van der Waals surface area contributed by atoms with Crippen molar-refractivity contribution < 1.29 is 13.5 Å². The number of aliphatic hydroxyl groups excluding tert-OH is 1. The van der Waals surface area contributed by atoms with Crippen molar-refractivity contribution in [3.63, 3.8) is 0 Å². The molecule has 0 amide bonds. The number of rotatable bonds is 2. The Bertz CT molecular complexity index is 573. The number of piperidine rings is 1. The SMILES string of the molecule is Cc1ccc(Cl)cc1S(=O)(=O)N1CCC(O)C(C)C1. The highest BCUT2D eigenvalue weighted by molar-refractivity contribution is 7.89. The second kappa shape index (κ2) is 5.40. The van der Waals surface area contributed by atoms with Gasteiger partial charge in [-0.15, -0.1) is 0 Å². The average molecular weight is 304 g/mol. The van der Waals surface area contributed by atoms with E-state index in [0.29, 0.717) is 30.1 Å². The summed E-state index contributed by atoms with van der Waals surface area (Å²) in [7, 11) is -3.53. The van der Waals surface area contributed by atoms with Gasteiger partial charge in [0, 0.05) is 18.1 Å². The van der Waals surface area contributed by atoms with Crippen molar-refractivity contribution in [1.29, 1.82) is 0 Å². The highest BCUT2D eigenvalue weighted by atomic mass is 35.5. The molecule has 1 aliphatic rings. The van der Waals surface area contributed by atoms with Gasteiger partial charge in [-0.25, -0.2) is 8.42 Å². The first-order valence-corrected chi connectivity index (χ1v) is 8.08. The van der Waals surface area contributed by atoms with Crippen LogP contribution in [0.1, 0.15) is 18.9 Å². The Balaban J connectivity index is 2.35. The van der Waals surface area contributed by atoms with E-state index in [1.165, 1.54) is 10.4 Å². The van der Waals surface area contributed by atoms with E-state index in [2.05, 4.69) is 0 Å². The summed E-state index contributed by atoms with van der Waals surface area (Å²) >= 11 is 5.89. The third kappa shape index (κ3) is 2.94. The smallest absolute Gasteiger partial charge is 0.243 e. The van der Waals surface area contributed by atoms with Crippen LogP contribution in [-0.4, -0.2) is 37.0 Å². The summed E-state index contributed by atoms with van der Waals surface area (Å²) in [5, 5.41) is 10.1. The van der Waals surface area contributed by atoms with Gasteiger partial charge in [0.15, 0.2) is 0 Å². The number of hydrogen-bond acceptors (Lipinski definition) is 3. The molecule has 0 aromatic heterocycles. The van der Waals surface area contributed by atoms with Crippen LogP contribution >= 0.6 is 11.6 Å². The van der Waals surface area contributed by atoms with Gasteiger partial charge in [0.1, 0.15) is 0 Å². The van der Waals surface area contributed by atoms with Crippen LogP contribution in [0.15, 0.2) is 23.1 Å². The van der Waals surface area contributed by atoms with E-state index in [-0.39, 0.29) is 10.8 Å². The molecule has 1 heterocycles. The fourth-order valence-electron chi connectivity index (χ4n) is 2.30. The van der Waals surface area contributed by atoms with Crippen molar-refractivity contribution in [2.45, 2.75) is 31.3 Å². The molecule has 0 saturated carbocycles. The molecule has 1 fully saturated rings. The molecule has 0 aliphatic carbocycles. The monoisotopic (exact) mass is 303 g/mol. The maximum absolute atomic E-state index is 12.6. The summed E-state index contributed by atoms with van der Waals surface area (Å²) in [6.07, 6.45) is 0.0481. The molecule has 0 spiro atoms. The molecule has 6 heteroatoms. The summed E-state index contributed by atoms with van der Waals surface area (Å²) in [6, 6.07) is 4.87. The molecule has 1 saturated heterocycles. The predicted molar refractivity (Wildman–Crippen MR) is 74.7 cm³/mol. The third-order valence-corrected chi connectivity index (χ3v) is 5.83. The molecular weight excluding hydrogens is 286 g/mol. The van der Waals surface area contributed by atoms with Gasteiger partial charge in [-0.2, -0.15) is 4.31 Å². The van der Waals surface area contributed by atoms with Gasteiger partial charge in [-0.3, -0.25) is 0 Å². The van der Waals surface area contributed by atoms with Crippen molar-refractivity contribution in [2.75, 3.05) is 13.1 Å². The zero-order valence-corrected chi connectivity index (χ0v) is 12.6. The Morgan fingerprint density at radius 2 is 2.11 bits per heavy atom. The summed E-state index contributed by atoms with van der Waals surface area (Å²) < 4.78 is 26.6. The van der Waals surface area contributed by atoms with Crippen LogP contribution in [0.5, 0.6) is 0 Å². The number of aliphatic hydroxyl groups is 1. The number of nitrogens with zero attached hydrogens (tertiary/aromatic N) is 1. The van der Waals surface area contributed by atoms with Gasteiger partial charge in [-0.05, 0) is 37.0 Å². The number of aryl methyl sites for hydroxylation is 1. The van der Waals surface area contributed by atoms with Crippen LogP contribution in [0.4, 0.5) is 0 Å².